The van der Waals surface area contributed by atoms with Gasteiger partial charge in [-0.1, -0.05) is 122 Å². The van der Waals surface area contributed by atoms with E-state index in [9.17, 15) is 0 Å². The molecule has 0 saturated carbocycles. The van der Waals surface area contributed by atoms with Gasteiger partial charge in [-0.2, -0.15) is 0 Å². The second kappa shape index (κ2) is 12.2. The van der Waals surface area contributed by atoms with Crippen LogP contribution < -0.4 is 0 Å². The number of allylic oxidation sites excluding steroid dienone is 1. The van der Waals surface area contributed by atoms with Crippen molar-refractivity contribution in [3.63, 3.8) is 0 Å². The first-order valence-corrected chi connectivity index (χ1v) is 16.4. The highest BCUT2D eigenvalue weighted by molar-refractivity contribution is 6.10. The molecule has 0 radical (unpaired) electrons. The Balaban J connectivity index is 1.21. The van der Waals surface area contributed by atoms with Crippen molar-refractivity contribution < 1.29 is 0 Å². The van der Waals surface area contributed by atoms with Gasteiger partial charge in [0.15, 0.2) is 0 Å². The van der Waals surface area contributed by atoms with Crippen LogP contribution in [0.4, 0.5) is 0 Å². The quantitative estimate of drug-likeness (QED) is 0.165. The highest BCUT2D eigenvalue weighted by Gasteiger charge is 2.18. The summed E-state index contributed by atoms with van der Waals surface area (Å²) in [6.45, 7) is 6.21. The van der Waals surface area contributed by atoms with E-state index in [1.807, 2.05) is 12.1 Å². The van der Waals surface area contributed by atoms with Crippen LogP contribution >= 0.6 is 0 Å². The molecule has 1 N–H and O–H groups in total. The third kappa shape index (κ3) is 4.80. The fourth-order valence-electron chi connectivity index (χ4n) is 7.21. The minimum absolute atomic E-state index is 0.118. The molecule has 0 bridgehead atoms. The van der Waals surface area contributed by atoms with Crippen LogP contribution in [0, 0.1) is 5.41 Å². The zero-order valence-corrected chi connectivity index (χ0v) is 26.8. The van der Waals surface area contributed by atoms with Gasteiger partial charge in [-0.15, -0.1) is 0 Å². The van der Waals surface area contributed by atoms with Gasteiger partial charge >= 0.3 is 0 Å². The lowest BCUT2D eigenvalue weighted by molar-refractivity contribution is 1.08. The maximum Gasteiger partial charge on any atom is 0.0542 e. The van der Waals surface area contributed by atoms with Crippen LogP contribution in [0.5, 0.6) is 0 Å². The third-order valence-electron chi connectivity index (χ3n) is 9.45. The first kappa shape index (κ1) is 29.2. The molecule has 0 fully saturated rings. The number of fused-ring (bicyclic) bond motifs is 4. The zero-order chi connectivity index (χ0) is 32.6. The van der Waals surface area contributed by atoms with E-state index in [1.165, 1.54) is 27.3 Å². The van der Waals surface area contributed by atoms with E-state index in [0.717, 1.165) is 50.3 Å². The zero-order valence-electron chi connectivity index (χ0n) is 26.8. The summed E-state index contributed by atoms with van der Waals surface area (Å²) < 4.78 is 4.69. The van der Waals surface area contributed by atoms with Crippen molar-refractivity contribution in [3.05, 3.63) is 181 Å². The van der Waals surface area contributed by atoms with Gasteiger partial charge < -0.3 is 14.5 Å². The monoisotopic (exact) mass is 617 g/mol. The predicted molar refractivity (Wildman–Crippen MR) is 205 cm³/mol. The molecule has 3 heteroatoms. The molecule has 0 amide bonds. The molecule has 230 valence electrons. The Morgan fingerprint density at radius 2 is 1.12 bits per heavy atom. The Kier molecular flexibility index (Phi) is 7.43. The largest absolute Gasteiger partial charge is 0.312 e. The van der Waals surface area contributed by atoms with E-state index in [-0.39, 0.29) is 5.92 Å². The predicted octanol–water partition coefficient (Wildman–Crippen LogP) is 11.9. The van der Waals surface area contributed by atoms with Gasteiger partial charge in [0.2, 0.25) is 0 Å². The van der Waals surface area contributed by atoms with Crippen molar-refractivity contribution in [2.75, 3.05) is 0 Å². The van der Waals surface area contributed by atoms with Crippen LogP contribution in [-0.4, -0.2) is 15.3 Å². The molecule has 0 aliphatic rings. The lowest BCUT2D eigenvalue weighted by atomic mass is 9.91. The lowest BCUT2D eigenvalue weighted by Crippen LogP contribution is -2.03. The van der Waals surface area contributed by atoms with Gasteiger partial charge in [0.25, 0.3) is 0 Å². The number of nitrogens with zero attached hydrogens (tertiary/aromatic N) is 2. The Morgan fingerprint density at radius 3 is 1.79 bits per heavy atom. The second-order valence-corrected chi connectivity index (χ2v) is 12.1. The van der Waals surface area contributed by atoms with Crippen molar-refractivity contribution in [2.24, 2.45) is 0 Å². The van der Waals surface area contributed by atoms with E-state index in [4.69, 9.17) is 5.41 Å². The van der Waals surface area contributed by atoms with Gasteiger partial charge in [0, 0.05) is 45.2 Å². The topological polar surface area (TPSA) is 33.7 Å². The van der Waals surface area contributed by atoms with Crippen molar-refractivity contribution in [3.8, 4) is 22.5 Å². The lowest BCUT2D eigenvalue weighted by Gasteiger charge is -2.15. The maximum atomic E-state index is 8.32. The molecule has 48 heavy (non-hydrogen) atoms. The fraction of sp³-hybridized carbons (Fsp3) is 0.0444. The summed E-state index contributed by atoms with van der Waals surface area (Å²) in [5, 5.41) is 11.9. The molecule has 2 heterocycles. The minimum Gasteiger partial charge on any atom is -0.312 e. The van der Waals surface area contributed by atoms with Crippen LogP contribution in [0.1, 0.15) is 35.2 Å². The van der Waals surface area contributed by atoms with Crippen LogP contribution in [0.25, 0.3) is 67.4 Å². The molecule has 0 aliphatic heterocycles. The number of hydrogen-bond donors (Lipinski definition) is 1. The molecule has 8 aromatic rings. The van der Waals surface area contributed by atoms with Gasteiger partial charge in [0.1, 0.15) is 0 Å². The molecule has 0 aliphatic carbocycles. The smallest absolute Gasteiger partial charge is 0.0542 e. The molecule has 1 atom stereocenters. The van der Waals surface area contributed by atoms with E-state index in [0.29, 0.717) is 0 Å². The van der Waals surface area contributed by atoms with E-state index in [2.05, 4.69) is 174 Å². The number of rotatable bonds is 8. The summed E-state index contributed by atoms with van der Waals surface area (Å²) in [5.74, 6) is -0.118. The van der Waals surface area contributed by atoms with Gasteiger partial charge in [0.05, 0.1) is 22.2 Å². The van der Waals surface area contributed by atoms with E-state index < -0.39 is 0 Å². The Hall–Kier alpha value is -6.19. The Bertz CT molecular complexity index is 2470. The number of aromatic nitrogens is 2. The average molecular weight is 618 g/mol. The molecular weight excluding hydrogens is 583 g/mol. The average Bonchev–Trinajstić information content (AvgIpc) is 3.65. The molecule has 8 rings (SSSR count). The molecule has 3 nitrogen and oxygen atoms in total. The molecular formula is C45H35N3. The summed E-state index contributed by atoms with van der Waals surface area (Å²) in [5.41, 5.74) is 12.5. The first-order valence-electron chi connectivity index (χ1n) is 16.4. The van der Waals surface area contributed by atoms with Gasteiger partial charge in [-0.25, -0.2) is 0 Å². The van der Waals surface area contributed by atoms with Gasteiger partial charge in [-0.05, 0) is 77.7 Å². The van der Waals surface area contributed by atoms with E-state index >= 15 is 0 Å². The van der Waals surface area contributed by atoms with Crippen molar-refractivity contribution >= 4 is 51.1 Å². The standard InChI is InChI=1S/C45H35N3/c1-3-12-42-37(4-2)38-15-8-10-17-43(38)48(42)36-27-28-45-40(29-36)39-16-9-11-18-44(39)47(45)35-25-23-34(24-26-35)41(30-46)33-21-19-32(20-22-33)31-13-6-5-7-14-31/h3-30,41,46H,2H2,1H3/b12-3-,46-30?. The molecule has 1 unspecified atom stereocenters. The number of nitrogens with one attached hydrogen (secondary N) is 1. The summed E-state index contributed by atoms with van der Waals surface area (Å²) in [4.78, 5) is 0. The highest BCUT2D eigenvalue weighted by Crippen LogP contribution is 2.37. The molecule has 0 spiro atoms. The normalized spacial score (nSPS) is 12.3. The number of benzene rings is 6. The summed E-state index contributed by atoms with van der Waals surface area (Å²) in [6, 6.07) is 51.7. The van der Waals surface area contributed by atoms with Crippen LogP contribution in [0.15, 0.2) is 158 Å². The fourth-order valence-corrected chi connectivity index (χ4v) is 7.21. The Labute approximate surface area is 280 Å². The third-order valence-corrected chi connectivity index (χ3v) is 9.45. The second-order valence-electron chi connectivity index (χ2n) is 12.1. The summed E-state index contributed by atoms with van der Waals surface area (Å²) in [7, 11) is 0. The van der Waals surface area contributed by atoms with E-state index in [1.54, 1.807) is 6.21 Å². The van der Waals surface area contributed by atoms with Gasteiger partial charge in [-0.3, -0.25) is 0 Å². The summed E-state index contributed by atoms with van der Waals surface area (Å²) >= 11 is 0. The van der Waals surface area contributed by atoms with Crippen LogP contribution in [0.2, 0.25) is 0 Å². The van der Waals surface area contributed by atoms with Crippen molar-refractivity contribution in [1.29, 1.82) is 5.41 Å². The van der Waals surface area contributed by atoms with Crippen LogP contribution in [0.3, 0.4) is 0 Å². The number of hydrogen-bond acceptors (Lipinski definition) is 1. The molecule has 0 saturated heterocycles. The first-order chi connectivity index (χ1) is 23.7. The molecule has 2 aromatic heterocycles. The van der Waals surface area contributed by atoms with Crippen molar-refractivity contribution in [2.45, 2.75) is 12.8 Å². The summed E-state index contributed by atoms with van der Waals surface area (Å²) in [6.07, 6.45) is 7.77. The van der Waals surface area contributed by atoms with Crippen molar-refractivity contribution in [1.82, 2.24) is 9.13 Å². The Morgan fingerprint density at radius 1 is 0.562 bits per heavy atom. The highest BCUT2D eigenvalue weighted by atomic mass is 15.0. The number of para-hydroxylation sites is 2. The minimum atomic E-state index is -0.118. The SMILES string of the molecule is C=Cc1c(/C=C\C)n(-c2ccc3c(c2)c2ccccc2n3-c2ccc(C(C=N)c3ccc(-c4ccccc4)cc3)cc2)c2ccccc12. The molecule has 6 aromatic carbocycles. The van der Waals surface area contributed by atoms with Crippen LogP contribution in [-0.2, 0) is 0 Å². The maximum absolute atomic E-state index is 8.32.